The van der Waals surface area contributed by atoms with E-state index < -0.39 is 5.54 Å². The highest BCUT2D eigenvalue weighted by molar-refractivity contribution is 5.82. The lowest BCUT2D eigenvalue weighted by molar-refractivity contribution is -0.129. The zero-order valence-corrected chi connectivity index (χ0v) is 11.5. The minimum Gasteiger partial charge on any atom is -0.394 e. The Balaban J connectivity index is 2.54. The Morgan fingerprint density at radius 3 is 2.17 bits per heavy atom. The van der Waals surface area contributed by atoms with Gasteiger partial charge in [-0.15, -0.1) is 0 Å². The van der Waals surface area contributed by atoms with Crippen molar-refractivity contribution in [2.75, 3.05) is 26.3 Å². The molecule has 1 aliphatic heterocycles. The fourth-order valence-corrected chi connectivity index (χ4v) is 2.18. The Morgan fingerprint density at radius 2 is 1.72 bits per heavy atom. The SMILES string of the molecule is CC(C(=O)NC(C)(CO)CO)N1CCCCCC1. The highest BCUT2D eigenvalue weighted by Gasteiger charge is 2.29. The summed E-state index contributed by atoms with van der Waals surface area (Å²) in [6, 6.07) is -0.208. The monoisotopic (exact) mass is 258 g/mol. The van der Waals surface area contributed by atoms with E-state index in [0.717, 1.165) is 25.9 Å². The lowest BCUT2D eigenvalue weighted by atomic mass is 10.0. The Morgan fingerprint density at radius 1 is 1.22 bits per heavy atom. The summed E-state index contributed by atoms with van der Waals surface area (Å²) >= 11 is 0. The van der Waals surface area contributed by atoms with Crippen molar-refractivity contribution in [3.63, 3.8) is 0 Å². The van der Waals surface area contributed by atoms with Gasteiger partial charge in [0.1, 0.15) is 0 Å². The topological polar surface area (TPSA) is 72.8 Å². The molecule has 18 heavy (non-hydrogen) atoms. The van der Waals surface area contributed by atoms with E-state index in [2.05, 4.69) is 10.2 Å². The van der Waals surface area contributed by atoms with Gasteiger partial charge in [-0.3, -0.25) is 9.69 Å². The molecular formula is C13H26N2O3. The lowest BCUT2D eigenvalue weighted by Gasteiger charge is -2.32. The number of carbonyl (C=O) groups is 1. The van der Waals surface area contributed by atoms with Gasteiger partial charge >= 0.3 is 0 Å². The molecule has 1 amide bonds. The van der Waals surface area contributed by atoms with Crippen LogP contribution in [0, 0.1) is 0 Å². The van der Waals surface area contributed by atoms with Crippen LogP contribution in [-0.2, 0) is 4.79 Å². The molecule has 1 heterocycles. The normalized spacial score (nSPS) is 20.2. The smallest absolute Gasteiger partial charge is 0.237 e. The summed E-state index contributed by atoms with van der Waals surface area (Å²) in [5.74, 6) is -0.123. The van der Waals surface area contributed by atoms with E-state index in [1.165, 1.54) is 12.8 Å². The predicted molar refractivity (Wildman–Crippen MR) is 70.2 cm³/mol. The van der Waals surface area contributed by atoms with Gasteiger partial charge in [0.05, 0.1) is 24.8 Å². The van der Waals surface area contributed by atoms with Gasteiger partial charge in [-0.25, -0.2) is 0 Å². The average molecular weight is 258 g/mol. The Bertz CT molecular complexity index is 259. The Labute approximate surface area is 109 Å². The molecule has 5 nitrogen and oxygen atoms in total. The van der Waals surface area contributed by atoms with Crippen molar-refractivity contribution in [1.29, 1.82) is 0 Å². The highest BCUT2D eigenvalue weighted by Crippen LogP contribution is 2.13. The van der Waals surface area contributed by atoms with E-state index in [0.29, 0.717) is 0 Å². The molecule has 0 bridgehead atoms. The maximum Gasteiger partial charge on any atom is 0.237 e. The third-order valence-corrected chi connectivity index (χ3v) is 3.69. The van der Waals surface area contributed by atoms with Crippen molar-refractivity contribution in [3.8, 4) is 0 Å². The molecule has 0 spiro atoms. The standard InChI is InChI=1S/C13H26N2O3/c1-11(15-7-5-3-4-6-8-15)12(18)14-13(2,9-16)10-17/h11,16-17H,3-10H2,1-2H3,(H,14,18). The van der Waals surface area contributed by atoms with Gasteiger partial charge < -0.3 is 15.5 Å². The first-order valence-electron chi connectivity index (χ1n) is 6.80. The first kappa shape index (κ1) is 15.4. The van der Waals surface area contributed by atoms with Crippen molar-refractivity contribution in [3.05, 3.63) is 0 Å². The summed E-state index contributed by atoms with van der Waals surface area (Å²) in [5.41, 5.74) is -0.933. The van der Waals surface area contributed by atoms with Gasteiger partial charge in [-0.2, -0.15) is 0 Å². The number of carbonyl (C=O) groups excluding carboxylic acids is 1. The molecule has 0 aromatic rings. The van der Waals surface area contributed by atoms with Gasteiger partial charge in [0.2, 0.25) is 5.91 Å². The van der Waals surface area contributed by atoms with E-state index in [1.807, 2.05) is 6.92 Å². The summed E-state index contributed by atoms with van der Waals surface area (Å²) in [6.45, 7) is 4.90. The third kappa shape index (κ3) is 4.23. The molecule has 1 atom stereocenters. The zero-order valence-electron chi connectivity index (χ0n) is 11.5. The van der Waals surface area contributed by atoms with Crippen LogP contribution in [0.25, 0.3) is 0 Å². The van der Waals surface area contributed by atoms with Crippen LogP contribution in [0.3, 0.4) is 0 Å². The summed E-state index contributed by atoms with van der Waals surface area (Å²) in [5, 5.41) is 21.1. The van der Waals surface area contributed by atoms with Crippen molar-refractivity contribution in [1.82, 2.24) is 10.2 Å². The van der Waals surface area contributed by atoms with Gasteiger partial charge in [-0.05, 0) is 39.8 Å². The second kappa shape index (κ2) is 7.07. The number of amides is 1. The van der Waals surface area contributed by atoms with Gasteiger partial charge in [-0.1, -0.05) is 12.8 Å². The van der Waals surface area contributed by atoms with Crippen molar-refractivity contribution >= 4 is 5.91 Å². The number of hydrogen-bond donors (Lipinski definition) is 3. The maximum atomic E-state index is 12.1. The summed E-state index contributed by atoms with van der Waals surface area (Å²) in [7, 11) is 0. The number of aliphatic hydroxyl groups excluding tert-OH is 2. The van der Waals surface area contributed by atoms with Crippen LogP contribution in [-0.4, -0.2) is 58.9 Å². The minimum atomic E-state index is -0.933. The van der Waals surface area contributed by atoms with Gasteiger partial charge in [0.25, 0.3) is 0 Å². The molecule has 1 fully saturated rings. The van der Waals surface area contributed by atoms with Crippen molar-refractivity contribution < 1.29 is 15.0 Å². The molecule has 1 saturated heterocycles. The molecule has 0 aliphatic carbocycles. The second-order valence-electron chi connectivity index (χ2n) is 5.49. The van der Waals surface area contributed by atoms with Crippen molar-refractivity contribution in [2.24, 2.45) is 0 Å². The fourth-order valence-electron chi connectivity index (χ4n) is 2.18. The van der Waals surface area contributed by atoms with Crippen LogP contribution in [0.5, 0.6) is 0 Å². The number of nitrogens with zero attached hydrogens (tertiary/aromatic N) is 1. The predicted octanol–water partition coefficient (Wildman–Crippen LogP) is 0.110. The minimum absolute atomic E-state index is 0.123. The Kier molecular flexibility index (Phi) is 6.05. The largest absolute Gasteiger partial charge is 0.394 e. The molecule has 0 saturated carbocycles. The molecule has 106 valence electrons. The first-order chi connectivity index (χ1) is 8.52. The number of rotatable bonds is 5. The number of nitrogens with one attached hydrogen (secondary N) is 1. The maximum absolute atomic E-state index is 12.1. The summed E-state index contributed by atoms with van der Waals surface area (Å²) in [4.78, 5) is 14.3. The van der Waals surface area contributed by atoms with Gasteiger partial charge in [0, 0.05) is 0 Å². The number of aliphatic hydroxyl groups is 2. The molecule has 1 unspecified atom stereocenters. The highest BCUT2D eigenvalue weighted by atomic mass is 16.3. The molecular weight excluding hydrogens is 232 g/mol. The van der Waals surface area contributed by atoms with E-state index in [-0.39, 0.29) is 25.2 Å². The molecule has 1 aliphatic rings. The van der Waals surface area contributed by atoms with Crippen LogP contribution in [0.4, 0.5) is 0 Å². The molecule has 0 aromatic heterocycles. The fraction of sp³-hybridized carbons (Fsp3) is 0.923. The first-order valence-corrected chi connectivity index (χ1v) is 6.80. The summed E-state index contributed by atoms with van der Waals surface area (Å²) < 4.78 is 0. The van der Waals surface area contributed by atoms with Crippen LogP contribution >= 0.6 is 0 Å². The summed E-state index contributed by atoms with van der Waals surface area (Å²) in [6.07, 6.45) is 4.73. The van der Waals surface area contributed by atoms with Crippen LogP contribution < -0.4 is 5.32 Å². The van der Waals surface area contributed by atoms with E-state index in [1.54, 1.807) is 6.92 Å². The van der Waals surface area contributed by atoms with Crippen molar-refractivity contribution in [2.45, 2.75) is 51.1 Å². The van der Waals surface area contributed by atoms with E-state index >= 15 is 0 Å². The van der Waals surface area contributed by atoms with E-state index in [4.69, 9.17) is 0 Å². The quantitative estimate of drug-likeness (QED) is 0.654. The van der Waals surface area contributed by atoms with Crippen LogP contribution in [0.2, 0.25) is 0 Å². The van der Waals surface area contributed by atoms with Crippen LogP contribution in [0.15, 0.2) is 0 Å². The lowest BCUT2D eigenvalue weighted by Crippen LogP contribution is -2.57. The number of hydrogen-bond acceptors (Lipinski definition) is 4. The molecule has 0 aromatic carbocycles. The molecule has 1 rings (SSSR count). The van der Waals surface area contributed by atoms with E-state index in [9.17, 15) is 15.0 Å². The van der Waals surface area contributed by atoms with Crippen LogP contribution in [0.1, 0.15) is 39.5 Å². The second-order valence-corrected chi connectivity index (χ2v) is 5.49. The molecule has 0 radical (unpaired) electrons. The molecule has 3 N–H and O–H groups in total. The third-order valence-electron chi connectivity index (χ3n) is 3.69. The van der Waals surface area contributed by atoms with Gasteiger partial charge in [0.15, 0.2) is 0 Å². The Hall–Kier alpha value is -0.650. The number of likely N-dealkylation sites (tertiary alicyclic amines) is 1. The zero-order chi connectivity index (χ0) is 13.6. The average Bonchev–Trinajstić information content (AvgIpc) is 2.66. The molecule has 5 heteroatoms.